The fourth-order valence-electron chi connectivity index (χ4n) is 3.29. The highest BCUT2D eigenvalue weighted by Crippen LogP contribution is 2.24. The van der Waals surface area contributed by atoms with Crippen LogP contribution in [0.3, 0.4) is 0 Å². The molecule has 154 valence electrons. The van der Waals surface area contributed by atoms with E-state index in [0.717, 1.165) is 30.0 Å². The Morgan fingerprint density at radius 1 is 1.10 bits per heavy atom. The zero-order chi connectivity index (χ0) is 20.6. The van der Waals surface area contributed by atoms with Gasteiger partial charge in [0.05, 0.1) is 26.4 Å². The lowest BCUT2D eigenvalue weighted by molar-refractivity contribution is -0.136. The van der Waals surface area contributed by atoms with Crippen LogP contribution in [0.4, 0.5) is 5.69 Å². The van der Waals surface area contributed by atoms with E-state index in [1.807, 2.05) is 43.3 Å². The Balaban J connectivity index is 1.66. The number of amides is 2. The molecule has 1 fully saturated rings. The van der Waals surface area contributed by atoms with Crippen molar-refractivity contribution in [2.75, 3.05) is 45.3 Å². The molecule has 7 nitrogen and oxygen atoms in total. The van der Waals surface area contributed by atoms with E-state index in [0.29, 0.717) is 25.4 Å². The molecule has 1 heterocycles. The van der Waals surface area contributed by atoms with Crippen molar-refractivity contribution >= 4 is 17.5 Å². The molecule has 2 aromatic rings. The van der Waals surface area contributed by atoms with Crippen molar-refractivity contribution in [1.82, 2.24) is 10.2 Å². The molecule has 1 atom stereocenters. The number of rotatable bonds is 6. The van der Waals surface area contributed by atoms with Crippen LogP contribution in [0.2, 0.25) is 0 Å². The van der Waals surface area contributed by atoms with E-state index in [9.17, 15) is 9.59 Å². The number of morpholine rings is 1. The standard InChI is InChI=1S/C22H27N3O4/c1-16-6-8-18(9-7-16)24-22(27)21(26)23-15-20(25-10-12-29-13-11-25)17-4-3-5-19(14-17)28-2/h3-9,14,20H,10-13,15H2,1-2H3,(H,23,26)(H,24,27). The molecule has 2 amide bonds. The Hall–Kier alpha value is -2.90. The van der Waals surface area contributed by atoms with Crippen molar-refractivity contribution in [3.8, 4) is 5.75 Å². The molecule has 29 heavy (non-hydrogen) atoms. The number of carbonyl (C=O) groups is 2. The molecule has 0 bridgehead atoms. The number of hydrogen-bond acceptors (Lipinski definition) is 5. The molecule has 7 heteroatoms. The minimum absolute atomic E-state index is 0.0786. The first-order chi connectivity index (χ1) is 14.1. The van der Waals surface area contributed by atoms with Crippen molar-refractivity contribution in [2.24, 2.45) is 0 Å². The van der Waals surface area contributed by atoms with Gasteiger partial charge in [-0.1, -0.05) is 29.8 Å². The molecule has 1 aliphatic heterocycles. The summed E-state index contributed by atoms with van der Waals surface area (Å²) in [7, 11) is 1.63. The van der Waals surface area contributed by atoms with Crippen LogP contribution in [0.25, 0.3) is 0 Å². The maximum absolute atomic E-state index is 12.4. The number of hydrogen-bond donors (Lipinski definition) is 2. The van der Waals surface area contributed by atoms with E-state index in [-0.39, 0.29) is 6.04 Å². The van der Waals surface area contributed by atoms with Crippen molar-refractivity contribution < 1.29 is 19.1 Å². The second kappa shape index (κ2) is 10.0. The zero-order valence-corrected chi connectivity index (χ0v) is 16.8. The van der Waals surface area contributed by atoms with Gasteiger partial charge >= 0.3 is 11.8 Å². The van der Waals surface area contributed by atoms with Crippen LogP contribution in [0, 0.1) is 6.92 Å². The van der Waals surface area contributed by atoms with Gasteiger partial charge in [-0.3, -0.25) is 14.5 Å². The second-order valence-corrected chi connectivity index (χ2v) is 6.97. The number of carbonyl (C=O) groups excluding carboxylic acids is 2. The van der Waals surface area contributed by atoms with E-state index >= 15 is 0 Å². The number of nitrogens with one attached hydrogen (secondary N) is 2. The summed E-state index contributed by atoms with van der Waals surface area (Å²) in [6, 6.07) is 15.0. The number of aryl methyl sites for hydroxylation is 1. The fourth-order valence-corrected chi connectivity index (χ4v) is 3.29. The zero-order valence-electron chi connectivity index (χ0n) is 16.8. The van der Waals surface area contributed by atoms with Crippen molar-refractivity contribution in [2.45, 2.75) is 13.0 Å². The maximum Gasteiger partial charge on any atom is 0.313 e. The normalized spacial score (nSPS) is 15.4. The first-order valence-corrected chi connectivity index (χ1v) is 9.68. The van der Waals surface area contributed by atoms with Crippen LogP contribution in [-0.2, 0) is 14.3 Å². The van der Waals surface area contributed by atoms with Crippen LogP contribution in [0.15, 0.2) is 48.5 Å². The Kier molecular flexibility index (Phi) is 7.21. The average Bonchev–Trinajstić information content (AvgIpc) is 2.76. The number of ether oxygens (including phenoxy) is 2. The van der Waals surface area contributed by atoms with E-state index in [4.69, 9.17) is 9.47 Å². The molecule has 1 aliphatic rings. The van der Waals surface area contributed by atoms with Gasteiger partial charge in [-0.05, 0) is 36.8 Å². The lowest BCUT2D eigenvalue weighted by Crippen LogP contribution is -2.45. The molecule has 0 saturated carbocycles. The minimum atomic E-state index is -0.680. The third kappa shape index (κ3) is 5.79. The van der Waals surface area contributed by atoms with E-state index in [2.05, 4.69) is 15.5 Å². The highest BCUT2D eigenvalue weighted by molar-refractivity contribution is 6.39. The topological polar surface area (TPSA) is 79.9 Å². The van der Waals surface area contributed by atoms with Gasteiger partial charge in [0, 0.05) is 25.3 Å². The predicted octanol–water partition coefficient (Wildman–Crippen LogP) is 2.13. The summed E-state index contributed by atoms with van der Waals surface area (Å²) < 4.78 is 10.8. The first-order valence-electron chi connectivity index (χ1n) is 9.68. The van der Waals surface area contributed by atoms with Crippen LogP contribution in [0.5, 0.6) is 5.75 Å². The summed E-state index contributed by atoms with van der Waals surface area (Å²) in [6.45, 7) is 5.07. The fraction of sp³-hybridized carbons (Fsp3) is 0.364. The van der Waals surface area contributed by atoms with Crippen molar-refractivity contribution in [1.29, 1.82) is 0 Å². The van der Waals surface area contributed by atoms with Crippen molar-refractivity contribution in [3.05, 3.63) is 59.7 Å². The average molecular weight is 397 g/mol. The Morgan fingerprint density at radius 3 is 2.52 bits per heavy atom. The quantitative estimate of drug-likeness (QED) is 0.730. The van der Waals surface area contributed by atoms with Crippen LogP contribution < -0.4 is 15.4 Å². The highest BCUT2D eigenvalue weighted by Gasteiger charge is 2.25. The minimum Gasteiger partial charge on any atom is -0.497 e. The summed E-state index contributed by atoms with van der Waals surface area (Å²) in [6.07, 6.45) is 0. The maximum atomic E-state index is 12.4. The van der Waals surface area contributed by atoms with E-state index < -0.39 is 11.8 Å². The molecular formula is C22H27N3O4. The number of methoxy groups -OCH3 is 1. The Morgan fingerprint density at radius 2 is 1.83 bits per heavy atom. The monoisotopic (exact) mass is 397 g/mol. The van der Waals surface area contributed by atoms with E-state index in [1.165, 1.54) is 0 Å². The van der Waals surface area contributed by atoms with Gasteiger partial charge in [-0.25, -0.2) is 0 Å². The summed E-state index contributed by atoms with van der Waals surface area (Å²) in [5.74, 6) is -0.587. The third-order valence-electron chi connectivity index (χ3n) is 4.94. The summed E-state index contributed by atoms with van der Waals surface area (Å²) >= 11 is 0. The van der Waals surface area contributed by atoms with Crippen LogP contribution >= 0.6 is 0 Å². The number of benzene rings is 2. The van der Waals surface area contributed by atoms with Gasteiger partial charge < -0.3 is 20.1 Å². The van der Waals surface area contributed by atoms with Gasteiger partial charge in [-0.15, -0.1) is 0 Å². The third-order valence-corrected chi connectivity index (χ3v) is 4.94. The molecule has 0 spiro atoms. The van der Waals surface area contributed by atoms with E-state index in [1.54, 1.807) is 19.2 Å². The smallest absolute Gasteiger partial charge is 0.313 e. The number of anilines is 1. The first kappa shape index (κ1) is 20.8. The Bertz CT molecular complexity index is 832. The lowest BCUT2D eigenvalue weighted by atomic mass is 10.0. The summed E-state index contributed by atoms with van der Waals surface area (Å²) in [5.41, 5.74) is 2.69. The molecule has 2 aromatic carbocycles. The molecule has 1 unspecified atom stereocenters. The van der Waals surface area contributed by atoms with Gasteiger partial charge in [0.2, 0.25) is 0 Å². The summed E-state index contributed by atoms with van der Waals surface area (Å²) in [4.78, 5) is 26.9. The van der Waals surface area contributed by atoms with Crippen LogP contribution in [0.1, 0.15) is 17.2 Å². The van der Waals surface area contributed by atoms with Gasteiger partial charge in [0.1, 0.15) is 5.75 Å². The van der Waals surface area contributed by atoms with Gasteiger partial charge in [0.25, 0.3) is 0 Å². The molecule has 3 rings (SSSR count). The van der Waals surface area contributed by atoms with Gasteiger partial charge in [-0.2, -0.15) is 0 Å². The van der Waals surface area contributed by atoms with Crippen molar-refractivity contribution in [3.63, 3.8) is 0 Å². The molecule has 0 radical (unpaired) electrons. The predicted molar refractivity (Wildman–Crippen MR) is 111 cm³/mol. The summed E-state index contributed by atoms with van der Waals surface area (Å²) in [5, 5.41) is 5.40. The highest BCUT2D eigenvalue weighted by atomic mass is 16.5. The largest absolute Gasteiger partial charge is 0.497 e. The molecule has 0 aromatic heterocycles. The second-order valence-electron chi connectivity index (χ2n) is 6.97. The molecule has 0 aliphatic carbocycles. The SMILES string of the molecule is COc1cccc(C(CNC(=O)C(=O)Nc2ccc(C)cc2)N2CCOCC2)c1. The van der Waals surface area contributed by atoms with Gasteiger partial charge in [0.15, 0.2) is 0 Å². The molecule has 1 saturated heterocycles. The molecule has 2 N–H and O–H groups in total. The Labute approximate surface area is 171 Å². The number of nitrogens with zero attached hydrogens (tertiary/aromatic N) is 1. The lowest BCUT2D eigenvalue weighted by Gasteiger charge is -2.35. The van der Waals surface area contributed by atoms with Crippen LogP contribution in [-0.4, -0.2) is 56.7 Å². The molecular weight excluding hydrogens is 370 g/mol.